The lowest BCUT2D eigenvalue weighted by Gasteiger charge is -2.14. The fourth-order valence-electron chi connectivity index (χ4n) is 2.29. The molecule has 3 rings (SSSR count). The maximum Gasteiger partial charge on any atom is 0.256 e. The Balaban J connectivity index is 1.55. The molecule has 1 fully saturated rings. The van der Waals surface area contributed by atoms with E-state index in [-0.39, 0.29) is 11.7 Å². The molecule has 0 saturated carbocycles. The van der Waals surface area contributed by atoms with E-state index in [4.69, 9.17) is 4.42 Å². The zero-order chi connectivity index (χ0) is 13.9. The van der Waals surface area contributed by atoms with Gasteiger partial charge in [0.15, 0.2) is 5.58 Å². The van der Waals surface area contributed by atoms with E-state index in [0.29, 0.717) is 28.5 Å². The maximum atomic E-state index is 13.0. The molecular formula is C14H15FN2O2S. The van der Waals surface area contributed by atoms with Crippen molar-refractivity contribution in [1.82, 2.24) is 9.88 Å². The standard InChI is InChI=1S/C14H15FN2O2S/c15-10-3-4-12-11(9-10)16-14(19-12)20-8-5-13(18)17-6-1-2-7-17/h3-4,9H,1-2,5-8H2. The minimum Gasteiger partial charge on any atom is -0.431 e. The molecule has 0 spiro atoms. The molecule has 1 aliphatic heterocycles. The first-order valence-corrected chi connectivity index (χ1v) is 7.67. The van der Waals surface area contributed by atoms with Gasteiger partial charge in [0, 0.05) is 31.3 Å². The van der Waals surface area contributed by atoms with Gasteiger partial charge in [-0.2, -0.15) is 0 Å². The zero-order valence-electron chi connectivity index (χ0n) is 11.0. The second-order valence-corrected chi connectivity index (χ2v) is 5.82. The highest BCUT2D eigenvalue weighted by Gasteiger charge is 2.17. The van der Waals surface area contributed by atoms with Crippen LogP contribution in [0.2, 0.25) is 0 Å². The van der Waals surface area contributed by atoms with Gasteiger partial charge in [0.1, 0.15) is 11.3 Å². The summed E-state index contributed by atoms with van der Waals surface area (Å²) in [6.07, 6.45) is 2.70. The van der Waals surface area contributed by atoms with Crippen molar-refractivity contribution in [3.63, 3.8) is 0 Å². The molecule has 1 aromatic heterocycles. The molecule has 1 aromatic carbocycles. The predicted molar refractivity (Wildman–Crippen MR) is 75.1 cm³/mol. The van der Waals surface area contributed by atoms with Crippen LogP contribution in [0.15, 0.2) is 27.8 Å². The van der Waals surface area contributed by atoms with Crippen molar-refractivity contribution in [2.24, 2.45) is 0 Å². The fourth-order valence-corrected chi connectivity index (χ4v) is 3.05. The van der Waals surface area contributed by atoms with Crippen molar-refractivity contribution in [2.45, 2.75) is 24.5 Å². The van der Waals surface area contributed by atoms with Crippen LogP contribution < -0.4 is 0 Å². The number of nitrogens with zero attached hydrogens (tertiary/aromatic N) is 2. The molecule has 4 nitrogen and oxygen atoms in total. The van der Waals surface area contributed by atoms with Gasteiger partial charge in [-0.3, -0.25) is 4.79 Å². The second-order valence-electron chi connectivity index (χ2n) is 4.78. The highest BCUT2D eigenvalue weighted by Crippen LogP contribution is 2.24. The first-order valence-electron chi connectivity index (χ1n) is 6.69. The van der Waals surface area contributed by atoms with Gasteiger partial charge in [0.25, 0.3) is 5.22 Å². The van der Waals surface area contributed by atoms with E-state index in [1.165, 1.54) is 23.9 Å². The largest absolute Gasteiger partial charge is 0.431 e. The molecule has 106 valence electrons. The SMILES string of the molecule is O=C(CCSc1nc2cc(F)ccc2o1)N1CCCC1. The third-order valence-corrected chi connectivity index (χ3v) is 4.16. The summed E-state index contributed by atoms with van der Waals surface area (Å²) in [6.45, 7) is 1.76. The van der Waals surface area contributed by atoms with Crippen LogP contribution in [0.25, 0.3) is 11.1 Å². The van der Waals surface area contributed by atoms with Crippen molar-refractivity contribution in [2.75, 3.05) is 18.8 Å². The van der Waals surface area contributed by atoms with Crippen LogP contribution in [-0.4, -0.2) is 34.6 Å². The molecule has 0 radical (unpaired) electrons. The van der Waals surface area contributed by atoms with E-state index in [0.717, 1.165) is 25.9 Å². The third-order valence-electron chi connectivity index (χ3n) is 3.33. The van der Waals surface area contributed by atoms with Gasteiger partial charge in [-0.05, 0) is 25.0 Å². The summed E-state index contributed by atoms with van der Waals surface area (Å²) >= 11 is 1.39. The minimum absolute atomic E-state index is 0.192. The Hall–Kier alpha value is -1.56. The fraction of sp³-hybridized carbons (Fsp3) is 0.429. The normalized spacial score (nSPS) is 15.2. The predicted octanol–water partition coefficient (Wildman–Crippen LogP) is 3.07. The van der Waals surface area contributed by atoms with Crippen LogP contribution in [0.3, 0.4) is 0 Å². The van der Waals surface area contributed by atoms with Crippen molar-refractivity contribution < 1.29 is 13.6 Å². The minimum atomic E-state index is -0.327. The number of halogens is 1. The van der Waals surface area contributed by atoms with E-state index >= 15 is 0 Å². The molecule has 0 unspecified atom stereocenters. The molecular weight excluding hydrogens is 279 g/mol. The number of benzene rings is 1. The Morgan fingerprint density at radius 1 is 1.40 bits per heavy atom. The summed E-state index contributed by atoms with van der Waals surface area (Å²) < 4.78 is 18.5. The summed E-state index contributed by atoms with van der Waals surface area (Å²) in [5.41, 5.74) is 1.08. The van der Waals surface area contributed by atoms with Gasteiger partial charge in [-0.15, -0.1) is 0 Å². The molecule has 0 N–H and O–H groups in total. The third kappa shape index (κ3) is 2.95. The molecule has 1 aliphatic rings. The van der Waals surface area contributed by atoms with Crippen LogP contribution in [0, 0.1) is 5.82 Å². The Morgan fingerprint density at radius 3 is 3.00 bits per heavy atom. The Bertz CT molecular complexity index is 623. The number of rotatable bonds is 4. The van der Waals surface area contributed by atoms with Crippen molar-refractivity contribution in [3.05, 3.63) is 24.0 Å². The van der Waals surface area contributed by atoms with Crippen molar-refractivity contribution >= 4 is 28.8 Å². The van der Waals surface area contributed by atoms with Crippen LogP contribution in [0.5, 0.6) is 0 Å². The smallest absolute Gasteiger partial charge is 0.256 e. The number of fused-ring (bicyclic) bond motifs is 1. The lowest BCUT2D eigenvalue weighted by molar-refractivity contribution is -0.129. The van der Waals surface area contributed by atoms with Gasteiger partial charge >= 0.3 is 0 Å². The van der Waals surface area contributed by atoms with Gasteiger partial charge in [-0.25, -0.2) is 9.37 Å². The summed E-state index contributed by atoms with van der Waals surface area (Å²) in [5, 5.41) is 0.486. The monoisotopic (exact) mass is 294 g/mol. The van der Waals surface area contributed by atoms with E-state index < -0.39 is 0 Å². The molecule has 6 heteroatoms. The van der Waals surface area contributed by atoms with Crippen LogP contribution >= 0.6 is 11.8 Å². The van der Waals surface area contributed by atoms with E-state index in [1.54, 1.807) is 6.07 Å². The van der Waals surface area contributed by atoms with Crippen LogP contribution in [-0.2, 0) is 4.79 Å². The average molecular weight is 294 g/mol. The zero-order valence-corrected chi connectivity index (χ0v) is 11.8. The summed E-state index contributed by atoms with van der Waals surface area (Å²) in [7, 11) is 0. The number of carbonyl (C=O) groups is 1. The molecule has 0 aliphatic carbocycles. The quantitative estimate of drug-likeness (QED) is 0.813. The van der Waals surface area contributed by atoms with E-state index in [1.807, 2.05) is 4.90 Å². The van der Waals surface area contributed by atoms with Gasteiger partial charge < -0.3 is 9.32 Å². The molecule has 2 aromatic rings. The number of likely N-dealkylation sites (tertiary alicyclic amines) is 1. The molecule has 0 atom stereocenters. The number of thioether (sulfide) groups is 1. The van der Waals surface area contributed by atoms with Crippen molar-refractivity contribution in [3.8, 4) is 0 Å². The Kier molecular flexibility index (Phi) is 3.91. The number of hydrogen-bond acceptors (Lipinski definition) is 4. The molecule has 1 amide bonds. The maximum absolute atomic E-state index is 13.0. The number of carbonyl (C=O) groups excluding carboxylic acids is 1. The highest BCUT2D eigenvalue weighted by atomic mass is 32.2. The molecule has 0 bridgehead atoms. The van der Waals surface area contributed by atoms with Gasteiger partial charge in [0.05, 0.1) is 0 Å². The summed E-state index contributed by atoms with van der Waals surface area (Å²) in [5.74, 6) is 0.494. The average Bonchev–Trinajstić information content (AvgIpc) is 3.06. The lowest BCUT2D eigenvalue weighted by atomic mass is 10.3. The van der Waals surface area contributed by atoms with Gasteiger partial charge in [0.2, 0.25) is 5.91 Å². The van der Waals surface area contributed by atoms with Crippen molar-refractivity contribution in [1.29, 1.82) is 0 Å². The summed E-state index contributed by atoms with van der Waals surface area (Å²) in [4.78, 5) is 18.0. The lowest BCUT2D eigenvalue weighted by Crippen LogP contribution is -2.27. The Labute approximate surface area is 120 Å². The molecule has 2 heterocycles. The number of amides is 1. The first-order chi connectivity index (χ1) is 9.72. The van der Waals surface area contributed by atoms with Crippen LogP contribution in [0.4, 0.5) is 4.39 Å². The second kappa shape index (κ2) is 5.83. The topological polar surface area (TPSA) is 46.3 Å². The summed E-state index contributed by atoms with van der Waals surface area (Å²) in [6, 6.07) is 4.26. The Morgan fingerprint density at radius 2 is 2.20 bits per heavy atom. The molecule has 20 heavy (non-hydrogen) atoms. The van der Waals surface area contributed by atoms with Gasteiger partial charge in [-0.1, -0.05) is 11.8 Å². The highest BCUT2D eigenvalue weighted by molar-refractivity contribution is 7.99. The van der Waals surface area contributed by atoms with E-state index in [9.17, 15) is 9.18 Å². The number of aromatic nitrogens is 1. The molecule has 1 saturated heterocycles. The number of hydrogen-bond donors (Lipinski definition) is 0. The number of oxazole rings is 1. The first kappa shape index (κ1) is 13.4. The van der Waals surface area contributed by atoms with E-state index in [2.05, 4.69) is 4.98 Å². The van der Waals surface area contributed by atoms with Crippen LogP contribution in [0.1, 0.15) is 19.3 Å².